The van der Waals surface area contributed by atoms with Gasteiger partial charge in [0, 0.05) is 16.2 Å². The van der Waals surface area contributed by atoms with Crippen molar-refractivity contribution in [2.75, 3.05) is 7.11 Å². The molecule has 0 aliphatic heterocycles. The molecule has 2 rings (SSSR count). The van der Waals surface area contributed by atoms with E-state index in [-0.39, 0.29) is 17.4 Å². The molecule has 1 aliphatic rings. The Morgan fingerprint density at radius 1 is 1.53 bits per heavy atom. The highest BCUT2D eigenvalue weighted by atomic mass is 79.9. The molecular weight excluding hydrogens is 289 g/mol. The fourth-order valence-electron chi connectivity index (χ4n) is 2.38. The van der Waals surface area contributed by atoms with Crippen molar-refractivity contribution >= 4 is 15.9 Å². The van der Waals surface area contributed by atoms with Gasteiger partial charge in [0.25, 0.3) is 5.88 Å². The van der Waals surface area contributed by atoms with E-state index in [1.54, 1.807) is 0 Å². The van der Waals surface area contributed by atoms with E-state index in [9.17, 15) is 9.50 Å². The van der Waals surface area contributed by atoms with Crippen molar-refractivity contribution in [3.8, 4) is 5.88 Å². The monoisotopic (exact) mass is 303 g/mol. The Balaban J connectivity index is 2.35. The van der Waals surface area contributed by atoms with Gasteiger partial charge in [0.05, 0.1) is 13.2 Å². The SMILES string of the molecule is COc1ncc(Br)c(C(O)C2CCCC2)c1F. The zero-order chi connectivity index (χ0) is 12.4. The van der Waals surface area contributed by atoms with Crippen molar-refractivity contribution in [1.29, 1.82) is 0 Å². The first kappa shape index (κ1) is 12.8. The van der Waals surface area contributed by atoms with Crippen LogP contribution < -0.4 is 4.74 Å². The predicted molar refractivity (Wildman–Crippen MR) is 65.4 cm³/mol. The third-order valence-corrected chi connectivity index (χ3v) is 3.94. The number of aliphatic hydroxyl groups excluding tert-OH is 1. The lowest BCUT2D eigenvalue weighted by molar-refractivity contribution is 0.106. The highest BCUT2D eigenvalue weighted by molar-refractivity contribution is 9.10. The number of aromatic nitrogens is 1. The average molecular weight is 304 g/mol. The Morgan fingerprint density at radius 2 is 2.18 bits per heavy atom. The minimum atomic E-state index is -0.788. The van der Waals surface area contributed by atoms with Crippen LogP contribution in [-0.4, -0.2) is 17.2 Å². The van der Waals surface area contributed by atoms with Crippen LogP contribution in [0.3, 0.4) is 0 Å². The van der Waals surface area contributed by atoms with Crippen molar-refractivity contribution in [3.05, 3.63) is 22.1 Å². The second kappa shape index (κ2) is 5.31. The van der Waals surface area contributed by atoms with Crippen LogP contribution >= 0.6 is 15.9 Å². The minimum absolute atomic E-state index is 0.0692. The van der Waals surface area contributed by atoms with Crippen molar-refractivity contribution in [2.45, 2.75) is 31.8 Å². The average Bonchev–Trinajstić information content (AvgIpc) is 2.82. The number of hydrogen-bond acceptors (Lipinski definition) is 3. The molecule has 5 heteroatoms. The van der Waals surface area contributed by atoms with Crippen LogP contribution in [0.25, 0.3) is 0 Å². The van der Waals surface area contributed by atoms with Crippen LogP contribution in [0.15, 0.2) is 10.7 Å². The van der Waals surface area contributed by atoms with Gasteiger partial charge in [-0.1, -0.05) is 12.8 Å². The van der Waals surface area contributed by atoms with E-state index in [1.165, 1.54) is 13.3 Å². The first-order valence-electron chi connectivity index (χ1n) is 5.71. The molecule has 1 aliphatic carbocycles. The number of ether oxygens (including phenoxy) is 1. The van der Waals surface area contributed by atoms with Crippen LogP contribution in [0.1, 0.15) is 37.4 Å². The third kappa shape index (κ3) is 2.45. The lowest BCUT2D eigenvalue weighted by Gasteiger charge is -2.20. The molecule has 1 aromatic rings. The number of nitrogens with zero attached hydrogens (tertiary/aromatic N) is 1. The lowest BCUT2D eigenvalue weighted by atomic mass is 9.95. The zero-order valence-corrected chi connectivity index (χ0v) is 11.2. The number of hydrogen-bond donors (Lipinski definition) is 1. The summed E-state index contributed by atoms with van der Waals surface area (Å²) in [5, 5.41) is 10.2. The highest BCUT2D eigenvalue weighted by Crippen LogP contribution is 2.40. The van der Waals surface area contributed by atoms with Gasteiger partial charge in [-0.15, -0.1) is 0 Å². The molecule has 94 valence electrons. The van der Waals surface area contributed by atoms with E-state index in [0.29, 0.717) is 4.47 Å². The first-order valence-corrected chi connectivity index (χ1v) is 6.50. The number of pyridine rings is 1. The molecule has 1 atom stereocenters. The molecule has 1 N–H and O–H groups in total. The Morgan fingerprint density at radius 3 is 2.76 bits per heavy atom. The summed E-state index contributed by atoms with van der Waals surface area (Å²) in [7, 11) is 1.37. The Bertz CT molecular complexity index is 408. The summed E-state index contributed by atoms with van der Waals surface area (Å²) in [6.07, 6.45) is 4.76. The largest absolute Gasteiger partial charge is 0.479 e. The maximum Gasteiger partial charge on any atom is 0.250 e. The molecular formula is C12H15BrFNO2. The molecule has 0 amide bonds. The molecule has 1 fully saturated rings. The van der Waals surface area contributed by atoms with E-state index < -0.39 is 11.9 Å². The first-order chi connectivity index (χ1) is 8.15. The van der Waals surface area contributed by atoms with Crippen LogP contribution in [-0.2, 0) is 0 Å². The third-order valence-electron chi connectivity index (χ3n) is 3.31. The van der Waals surface area contributed by atoms with E-state index in [0.717, 1.165) is 25.7 Å². The van der Waals surface area contributed by atoms with E-state index in [4.69, 9.17) is 4.74 Å². The molecule has 1 aromatic heterocycles. The number of methoxy groups -OCH3 is 1. The second-order valence-electron chi connectivity index (χ2n) is 4.33. The molecule has 0 bridgehead atoms. The molecule has 0 saturated heterocycles. The molecule has 17 heavy (non-hydrogen) atoms. The van der Waals surface area contributed by atoms with Crippen LogP contribution in [0.5, 0.6) is 5.88 Å². The smallest absolute Gasteiger partial charge is 0.250 e. The Kier molecular flexibility index (Phi) is 3.99. The summed E-state index contributed by atoms with van der Waals surface area (Å²) >= 11 is 3.24. The minimum Gasteiger partial charge on any atom is -0.479 e. The van der Waals surface area contributed by atoms with Gasteiger partial charge >= 0.3 is 0 Å². The molecule has 0 spiro atoms. The number of aliphatic hydroxyl groups is 1. The maximum absolute atomic E-state index is 14.1. The maximum atomic E-state index is 14.1. The molecule has 0 radical (unpaired) electrons. The molecule has 1 saturated carbocycles. The fourth-order valence-corrected chi connectivity index (χ4v) is 2.89. The van der Waals surface area contributed by atoms with Gasteiger partial charge in [0.1, 0.15) is 0 Å². The van der Waals surface area contributed by atoms with Crippen molar-refractivity contribution in [3.63, 3.8) is 0 Å². The summed E-state index contributed by atoms with van der Waals surface area (Å²) in [4.78, 5) is 3.81. The summed E-state index contributed by atoms with van der Waals surface area (Å²) in [5.74, 6) is -0.505. The quantitative estimate of drug-likeness (QED) is 0.932. The number of rotatable bonds is 3. The lowest BCUT2D eigenvalue weighted by Crippen LogP contribution is -2.12. The van der Waals surface area contributed by atoms with Gasteiger partial charge in [-0.05, 0) is 34.7 Å². The van der Waals surface area contributed by atoms with Gasteiger partial charge in [-0.2, -0.15) is 0 Å². The molecule has 0 aromatic carbocycles. The zero-order valence-electron chi connectivity index (χ0n) is 9.62. The van der Waals surface area contributed by atoms with Gasteiger partial charge in [-0.25, -0.2) is 9.37 Å². The Hall–Kier alpha value is -0.680. The van der Waals surface area contributed by atoms with Crippen molar-refractivity contribution in [2.24, 2.45) is 5.92 Å². The van der Waals surface area contributed by atoms with Gasteiger partial charge < -0.3 is 9.84 Å². The summed E-state index contributed by atoms with van der Waals surface area (Å²) < 4.78 is 19.4. The fraction of sp³-hybridized carbons (Fsp3) is 0.583. The highest BCUT2D eigenvalue weighted by Gasteiger charge is 2.29. The molecule has 1 unspecified atom stereocenters. The van der Waals surface area contributed by atoms with E-state index in [1.807, 2.05) is 0 Å². The predicted octanol–water partition coefficient (Wildman–Crippen LogP) is 3.22. The summed E-state index contributed by atoms with van der Waals surface area (Å²) in [6.45, 7) is 0. The standard InChI is InChI=1S/C12H15BrFNO2/c1-17-12-10(14)9(8(13)6-15-12)11(16)7-4-2-3-5-7/h6-7,11,16H,2-5H2,1H3. The van der Waals surface area contributed by atoms with Gasteiger partial charge in [0.15, 0.2) is 5.82 Å². The van der Waals surface area contributed by atoms with Crippen LogP contribution in [0.4, 0.5) is 4.39 Å². The second-order valence-corrected chi connectivity index (χ2v) is 5.19. The topological polar surface area (TPSA) is 42.4 Å². The van der Waals surface area contributed by atoms with Crippen LogP contribution in [0, 0.1) is 11.7 Å². The molecule has 1 heterocycles. The van der Waals surface area contributed by atoms with Crippen LogP contribution in [0.2, 0.25) is 0 Å². The van der Waals surface area contributed by atoms with Crippen molar-refractivity contribution < 1.29 is 14.2 Å². The normalized spacial score (nSPS) is 18.4. The summed E-state index contributed by atoms with van der Waals surface area (Å²) in [6, 6.07) is 0. The summed E-state index contributed by atoms with van der Waals surface area (Å²) in [5.41, 5.74) is 0.267. The van der Waals surface area contributed by atoms with E-state index in [2.05, 4.69) is 20.9 Å². The Labute approximate surface area is 108 Å². The van der Waals surface area contributed by atoms with Gasteiger partial charge in [0.2, 0.25) is 0 Å². The van der Waals surface area contributed by atoms with Gasteiger partial charge in [-0.3, -0.25) is 0 Å². The van der Waals surface area contributed by atoms with E-state index >= 15 is 0 Å². The number of halogens is 2. The van der Waals surface area contributed by atoms with Crippen molar-refractivity contribution in [1.82, 2.24) is 4.98 Å². The molecule has 3 nitrogen and oxygen atoms in total.